The molecule has 1 aromatic heterocycles. The van der Waals surface area contributed by atoms with E-state index in [1.165, 1.54) is 11.1 Å². The summed E-state index contributed by atoms with van der Waals surface area (Å²) in [7, 11) is 0. The molecule has 1 aromatic carbocycles. The van der Waals surface area contributed by atoms with E-state index >= 15 is 0 Å². The molecule has 1 aliphatic heterocycles. The molecule has 0 radical (unpaired) electrons. The molecule has 0 saturated carbocycles. The summed E-state index contributed by atoms with van der Waals surface area (Å²) in [6.07, 6.45) is 4.05. The maximum Gasteiger partial charge on any atom is 0.0659 e. The molecule has 4 nitrogen and oxygen atoms in total. The maximum atomic E-state index is 5.25. The van der Waals surface area contributed by atoms with Crippen LogP contribution in [0.1, 0.15) is 18.1 Å². The highest BCUT2D eigenvalue weighted by molar-refractivity contribution is 5.15. The molecule has 1 N–H and O–H groups in total. The van der Waals surface area contributed by atoms with Crippen LogP contribution in [-0.2, 0) is 17.8 Å². The molecule has 106 valence electrons. The molecule has 1 aliphatic rings. The van der Waals surface area contributed by atoms with Crippen LogP contribution in [0.2, 0.25) is 0 Å². The second-order valence-electron chi connectivity index (χ2n) is 5.94. The van der Waals surface area contributed by atoms with Crippen LogP contribution >= 0.6 is 0 Å². The average molecular weight is 271 g/mol. The number of aromatic nitrogens is 2. The van der Waals surface area contributed by atoms with Crippen LogP contribution in [-0.4, -0.2) is 29.5 Å². The minimum Gasteiger partial charge on any atom is -0.380 e. The highest BCUT2D eigenvalue weighted by Crippen LogP contribution is 2.25. The van der Waals surface area contributed by atoms with Crippen molar-refractivity contribution in [2.75, 3.05) is 19.8 Å². The summed E-state index contributed by atoms with van der Waals surface area (Å²) < 4.78 is 7.24. The molecule has 0 aliphatic carbocycles. The summed E-state index contributed by atoms with van der Waals surface area (Å²) in [5.74, 6) is 0. The fourth-order valence-corrected chi connectivity index (χ4v) is 2.42. The van der Waals surface area contributed by atoms with E-state index in [-0.39, 0.29) is 0 Å². The van der Waals surface area contributed by atoms with Gasteiger partial charge in [0.15, 0.2) is 0 Å². The Labute approximate surface area is 119 Å². The van der Waals surface area contributed by atoms with Gasteiger partial charge in [0.25, 0.3) is 0 Å². The van der Waals surface area contributed by atoms with E-state index in [4.69, 9.17) is 4.74 Å². The summed E-state index contributed by atoms with van der Waals surface area (Å²) in [5, 5.41) is 7.90. The Morgan fingerprint density at radius 2 is 2.05 bits per heavy atom. The van der Waals surface area contributed by atoms with Crippen LogP contribution in [0.5, 0.6) is 0 Å². The largest absolute Gasteiger partial charge is 0.380 e. The molecule has 0 atom stereocenters. The highest BCUT2D eigenvalue weighted by atomic mass is 16.5. The van der Waals surface area contributed by atoms with E-state index in [0.29, 0.717) is 5.41 Å². The van der Waals surface area contributed by atoms with E-state index in [1.54, 1.807) is 0 Å². The van der Waals surface area contributed by atoms with Gasteiger partial charge in [-0.15, -0.1) is 0 Å². The van der Waals surface area contributed by atoms with Gasteiger partial charge in [-0.1, -0.05) is 37.3 Å². The Hall–Kier alpha value is -1.65. The normalized spacial score (nSPS) is 16.9. The zero-order chi connectivity index (χ0) is 13.8. The van der Waals surface area contributed by atoms with E-state index < -0.39 is 0 Å². The summed E-state index contributed by atoms with van der Waals surface area (Å²) >= 11 is 0. The number of hydrogen-bond donors (Lipinski definition) is 1. The lowest BCUT2D eigenvalue weighted by Gasteiger charge is -2.38. The molecule has 20 heavy (non-hydrogen) atoms. The Kier molecular flexibility index (Phi) is 3.85. The second kappa shape index (κ2) is 5.77. The third kappa shape index (κ3) is 3.26. The number of nitrogens with zero attached hydrogens (tertiary/aromatic N) is 2. The monoisotopic (exact) mass is 271 g/mol. The quantitative estimate of drug-likeness (QED) is 0.874. The van der Waals surface area contributed by atoms with E-state index in [0.717, 1.165) is 32.8 Å². The van der Waals surface area contributed by atoms with Gasteiger partial charge < -0.3 is 10.1 Å². The van der Waals surface area contributed by atoms with Crippen molar-refractivity contribution in [1.29, 1.82) is 0 Å². The minimum absolute atomic E-state index is 0.319. The molecular formula is C16H21N3O. The molecule has 1 fully saturated rings. The fourth-order valence-electron chi connectivity index (χ4n) is 2.42. The molecule has 0 unspecified atom stereocenters. The first-order valence-corrected chi connectivity index (χ1v) is 7.07. The van der Waals surface area contributed by atoms with Crippen molar-refractivity contribution in [3.05, 3.63) is 53.9 Å². The minimum atomic E-state index is 0.319. The van der Waals surface area contributed by atoms with Gasteiger partial charge >= 0.3 is 0 Å². The van der Waals surface area contributed by atoms with Gasteiger partial charge in [-0.25, -0.2) is 0 Å². The molecule has 1 saturated heterocycles. The highest BCUT2D eigenvalue weighted by Gasteiger charge is 2.32. The fraction of sp³-hybridized carbons (Fsp3) is 0.438. The summed E-state index contributed by atoms with van der Waals surface area (Å²) in [4.78, 5) is 0. The SMILES string of the molecule is CC1(CNCc2cnn(Cc3ccccc3)c2)COC1. The first kappa shape index (κ1) is 13.3. The molecule has 4 heteroatoms. The first-order valence-electron chi connectivity index (χ1n) is 7.07. The smallest absolute Gasteiger partial charge is 0.0659 e. The van der Waals surface area contributed by atoms with Crippen LogP contribution in [0, 0.1) is 5.41 Å². The summed E-state index contributed by atoms with van der Waals surface area (Å²) in [5.41, 5.74) is 2.82. The van der Waals surface area contributed by atoms with Crippen LogP contribution in [0.25, 0.3) is 0 Å². The summed E-state index contributed by atoms with van der Waals surface area (Å²) in [6, 6.07) is 10.4. The lowest BCUT2D eigenvalue weighted by Crippen LogP contribution is -2.47. The first-order chi connectivity index (χ1) is 9.73. The van der Waals surface area contributed by atoms with Crippen molar-refractivity contribution in [3.63, 3.8) is 0 Å². The third-order valence-electron chi connectivity index (χ3n) is 3.66. The second-order valence-corrected chi connectivity index (χ2v) is 5.94. The molecule has 0 amide bonds. The van der Waals surface area contributed by atoms with Gasteiger partial charge in [-0.2, -0.15) is 5.10 Å². The van der Waals surface area contributed by atoms with Crippen molar-refractivity contribution in [3.8, 4) is 0 Å². The topological polar surface area (TPSA) is 39.1 Å². The number of ether oxygens (including phenoxy) is 1. The van der Waals surface area contributed by atoms with Gasteiger partial charge in [-0.3, -0.25) is 4.68 Å². The standard InChI is InChI=1S/C16H21N3O/c1-16(12-20-13-16)11-17-7-15-8-18-19(10-15)9-14-5-3-2-4-6-14/h2-6,8,10,17H,7,9,11-13H2,1H3. The average Bonchev–Trinajstić information content (AvgIpc) is 2.85. The molecule has 2 heterocycles. The van der Waals surface area contributed by atoms with Gasteiger partial charge in [0.2, 0.25) is 0 Å². The van der Waals surface area contributed by atoms with Gasteiger partial charge in [-0.05, 0) is 5.56 Å². The van der Waals surface area contributed by atoms with Crippen molar-refractivity contribution >= 4 is 0 Å². The van der Waals surface area contributed by atoms with Gasteiger partial charge in [0.05, 0.1) is 26.0 Å². The molecule has 0 spiro atoms. The van der Waals surface area contributed by atoms with Crippen LogP contribution < -0.4 is 5.32 Å². The Bertz CT molecular complexity index is 546. The predicted octanol–water partition coefficient (Wildman–Crippen LogP) is 2.06. The van der Waals surface area contributed by atoms with Crippen molar-refractivity contribution in [2.24, 2.45) is 5.41 Å². The summed E-state index contributed by atoms with van der Waals surface area (Å²) in [6.45, 7) is 6.68. The van der Waals surface area contributed by atoms with Crippen LogP contribution in [0.3, 0.4) is 0 Å². The van der Waals surface area contributed by atoms with E-state index in [2.05, 4.69) is 47.8 Å². The van der Waals surface area contributed by atoms with E-state index in [1.807, 2.05) is 16.9 Å². The zero-order valence-corrected chi connectivity index (χ0v) is 11.9. The lowest BCUT2D eigenvalue weighted by molar-refractivity contribution is -0.0991. The van der Waals surface area contributed by atoms with Gasteiger partial charge in [0.1, 0.15) is 0 Å². The molecular weight excluding hydrogens is 250 g/mol. The Morgan fingerprint density at radius 1 is 1.25 bits per heavy atom. The van der Waals surface area contributed by atoms with Crippen molar-refractivity contribution in [2.45, 2.75) is 20.0 Å². The molecule has 2 aromatic rings. The lowest BCUT2D eigenvalue weighted by atomic mass is 9.89. The van der Waals surface area contributed by atoms with Crippen LogP contribution in [0.15, 0.2) is 42.7 Å². The number of rotatable bonds is 6. The van der Waals surface area contributed by atoms with Crippen molar-refractivity contribution in [1.82, 2.24) is 15.1 Å². The van der Waals surface area contributed by atoms with Crippen molar-refractivity contribution < 1.29 is 4.74 Å². The number of benzene rings is 1. The predicted molar refractivity (Wildman–Crippen MR) is 78.4 cm³/mol. The van der Waals surface area contributed by atoms with Crippen LogP contribution in [0.4, 0.5) is 0 Å². The zero-order valence-electron chi connectivity index (χ0n) is 11.9. The Balaban J connectivity index is 1.49. The molecule has 0 bridgehead atoms. The number of hydrogen-bond acceptors (Lipinski definition) is 3. The van der Waals surface area contributed by atoms with Gasteiger partial charge in [0, 0.05) is 30.3 Å². The molecule has 3 rings (SSSR count). The number of nitrogens with one attached hydrogen (secondary N) is 1. The maximum absolute atomic E-state index is 5.25. The third-order valence-corrected chi connectivity index (χ3v) is 3.66. The van der Waals surface area contributed by atoms with E-state index in [9.17, 15) is 0 Å². The Morgan fingerprint density at radius 3 is 2.75 bits per heavy atom.